The zero-order chi connectivity index (χ0) is 17.9. The van der Waals surface area contributed by atoms with Crippen molar-refractivity contribution in [1.29, 1.82) is 0 Å². The first-order chi connectivity index (χ1) is 12.0. The lowest BCUT2D eigenvalue weighted by Crippen LogP contribution is -2.26. The lowest BCUT2D eigenvalue weighted by Gasteiger charge is -2.11. The molecular weight excluding hydrogens is 340 g/mol. The molecule has 134 valence electrons. The fourth-order valence-electron chi connectivity index (χ4n) is 3.01. The zero-order valence-electron chi connectivity index (χ0n) is 14.2. The van der Waals surface area contributed by atoms with E-state index < -0.39 is 15.7 Å². The Kier molecular flexibility index (Phi) is 5.17. The lowest BCUT2D eigenvalue weighted by molar-refractivity contribution is 0.0946. The van der Waals surface area contributed by atoms with Crippen LogP contribution in [0, 0.1) is 0 Å². The molecule has 0 bridgehead atoms. The van der Waals surface area contributed by atoms with Gasteiger partial charge < -0.3 is 9.88 Å². The molecule has 0 atom stereocenters. The van der Waals surface area contributed by atoms with Gasteiger partial charge in [-0.25, -0.2) is 8.42 Å². The summed E-state index contributed by atoms with van der Waals surface area (Å²) in [6, 6.07) is 6.28. The third-order valence-corrected chi connectivity index (χ3v) is 6.23. The van der Waals surface area contributed by atoms with Crippen molar-refractivity contribution in [2.24, 2.45) is 0 Å². The maximum atomic E-state index is 12.5. The van der Waals surface area contributed by atoms with Gasteiger partial charge in [0, 0.05) is 13.0 Å². The Bertz CT molecular complexity index is 874. The molecule has 0 aliphatic carbocycles. The summed E-state index contributed by atoms with van der Waals surface area (Å²) in [5.74, 6) is 1.20. The Hall–Kier alpha value is -2.22. The number of fused-ring (bicyclic) bond motifs is 1. The number of aryl methyl sites for hydroxylation is 1. The number of carbonyl (C=O) groups is 1. The van der Waals surface area contributed by atoms with Gasteiger partial charge in [0.15, 0.2) is 15.7 Å². The van der Waals surface area contributed by atoms with Gasteiger partial charge in [-0.1, -0.05) is 25.5 Å². The predicted molar refractivity (Wildman–Crippen MR) is 92.9 cm³/mol. The Balaban J connectivity index is 1.78. The Labute approximate surface area is 147 Å². The molecule has 0 saturated heterocycles. The van der Waals surface area contributed by atoms with Crippen molar-refractivity contribution in [3.05, 3.63) is 41.5 Å². The van der Waals surface area contributed by atoms with Crippen LogP contribution in [0.4, 0.5) is 0 Å². The van der Waals surface area contributed by atoms with Crippen molar-refractivity contribution in [2.75, 3.05) is 5.75 Å². The summed E-state index contributed by atoms with van der Waals surface area (Å²) in [7, 11) is -3.46. The fourth-order valence-corrected chi connectivity index (χ4v) is 4.10. The van der Waals surface area contributed by atoms with Crippen molar-refractivity contribution in [3.8, 4) is 0 Å². The minimum absolute atomic E-state index is 0.0466. The van der Waals surface area contributed by atoms with Crippen LogP contribution in [0.5, 0.6) is 0 Å². The van der Waals surface area contributed by atoms with E-state index in [0.717, 1.165) is 38.1 Å². The largest absolute Gasteiger partial charge is 0.345 e. The topological polar surface area (TPSA) is 93.9 Å². The predicted octanol–water partition coefficient (Wildman–Crippen LogP) is 1.73. The monoisotopic (exact) mass is 362 g/mol. The first kappa shape index (κ1) is 17.6. The molecule has 2 heterocycles. The molecule has 1 amide bonds. The summed E-state index contributed by atoms with van der Waals surface area (Å²) >= 11 is 0. The molecule has 1 aromatic heterocycles. The van der Waals surface area contributed by atoms with E-state index in [-0.39, 0.29) is 22.8 Å². The number of nitrogens with zero attached hydrogens (tertiary/aromatic N) is 3. The van der Waals surface area contributed by atoms with Crippen LogP contribution in [0.15, 0.2) is 29.2 Å². The third-order valence-electron chi connectivity index (χ3n) is 4.44. The van der Waals surface area contributed by atoms with Gasteiger partial charge in [-0.05, 0) is 25.0 Å². The minimum Gasteiger partial charge on any atom is -0.345 e. The molecule has 25 heavy (non-hydrogen) atoms. The molecule has 1 aliphatic rings. The Morgan fingerprint density at radius 2 is 2.00 bits per heavy atom. The molecule has 1 aromatic carbocycles. The van der Waals surface area contributed by atoms with Crippen LogP contribution in [-0.4, -0.2) is 34.8 Å². The molecule has 3 rings (SSSR count). The molecule has 2 aromatic rings. The van der Waals surface area contributed by atoms with Crippen molar-refractivity contribution >= 4 is 15.7 Å². The molecule has 0 radical (unpaired) electrons. The molecule has 1 N–H and O–H groups in total. The molecule has 0 fully saturated rings. The summed E-state index contributed by atoms with van der Waals surface area (Å²) in [5, 5.41) is 11.2. The number of rotatable bonds is 5. The molecular formula is C17H22N4O3S. The van der Waals surface area contributed by atoms with Crippen molar-refractivity contribution in [2.45, 2.75) is 50.6 Å². The zero-order valence-corrected chi connectivity index (χ0v) is 15.1. The smallest absolute Gasteiger partial charge is 0.252 e. The van der Waals surface area contributed by atoms with Crippen molar-refractivity contribution in [1.82, 2.24) is 20.1 Å². The molecule has 0 spiro atoms. The maximum absolute atomic E-state index is 12.5. The second kappa shape index (κ2) is 7.35. The molecule has 8 heteroatoms. The van der Waals surface area contributed by atoms with E-state index in [1.165, 1.54) is 12.1 Å². The fraction of sp³-hybridized carbons (Fsp3) is 0.471. The van der Waals surface area contributed by atoms with Gasteiger partial charge in [0.25, 0.3) is 5.91 Å². The summed E-state index contributed by atoms with van der Waals surface area (Å²) in [6.07, 6.45) is 4.24. The summed E-state index contributed by atoms with van der Waals surface area (Å²) in [4.78, 5) is 12.6. The highest BCUT2D eigenvalue weighted by Gasteiger charge is 2.21. The van der Waals surface area contributed by atoms with Crippen LogP contribution in [-0.2, 0) is 29.3 Å². The molecule has 7 nitrogen and oxygen atoms in total. The summed E-state index contributed by atoms with van der Waals surface area (Å²) in [6.45, 7) is 2.65. The average Bonchev–Trinajstić information content (AvgIpc) is 2.86. The molecule has 0 saturated carbocycles. The van der Waals surface area contributed by atoms with Crippen LogP contribution in [0.2, 0.25) is 0 Å². The van der Waals surface area contributed by atoms with Crippen LogP contribution in [0.25, 0.3) is 0 Å². The summed E-state index contributed by atoms with van der Waals surface area (Å²) < 4.78 is 26.4. The number of nitrogens with one attached hydrogen (secondary N) is 1. The Morgan fingerprint density at radius 3 is 2.80 bits per heavy atom. The number of carbonyl (C=O) groups excluding carboxylic acids is 1. The first-order valence-electron chi connectivity index (χ1n) is 8.54. The van der Waals surface area contributed by atoms with Gasteiger partial charge in [-0.3, -0.25) is 4.79 Å². The van der Waals surface area contributed by atoms with Crippen LogP contribution in [0.1, 0.15) is 48.2 Å². The highest BCUT2D eigenvalue weighted by Crippen LogP contribution is 2.18. The Morgan fingerprint density at radius 1 is 1.20 bits per heavy atom. The van der Waals surface area contributed by atoms with Gasteiger partial charge >= 0.3 is 0 Å². The first-order valence-corrected chi connectivity index (χ1v) is 10.2. The van der Waals surface area contributed by atoms with E-state index in [1.807, 2.05) is 0 Å². The third kappa shape index (κ3) is 3.73. The van der Waals surface area contributed by atoms with Crippen LogP contribution in [0.3, 0.4) is 0 Å². The highest BCUT2D eigenvalue weighted by atomic mass is 32.2. The van der Waals surface area contributed by atoms with E-state index >= 15 is 0 Å². The van der Waals surface area contributed by atoms with Gasteiger partial charge in [0.1, 0.15) is 5.82 Å². The number of aromatic nitrogens is 3. The lowest BCUT2D eigenvalue weighted by atomic mass is 10.2. The second-order valence-corrected chi connectivity index (χ2v) is 8.32. The molecule has 0 unspecified atom stereocenters. The van der Waals surface area contributed by atoms with Crippen molar-refractivity contribution in [3.63, 3.8) is 0 Å². The summed E-state index contributed by atoms with van der Waals surface area (Å²) in [5.41, 5.74) is 0.167. The molecule has 1 aliphatic heterocycles. The highest BCUT2D eigenvalue weighted by molar-refractivity contribution is 7.91. The number of benzene rings is 1. The normalized spacial score (nSPS) is 14.6. The quantitative estimate of drug-likeness (QED) is 0.874. The SMILES string of the molecule is CCS(=O)(=O)c1ccccc1C(=O)NCc1nnc2n1CCCCC2. The maximum Gasteiger partial charge on any atom is 0.252 e. The number of amides is 1. The van der Waals surface area contributed by atoms with E-state index in [1.54, 1.807) is 19.1 Å². The van der Waals surface area contributed by atoms with Gasteiger partial charge in [0.05, 0.1) is 22.8 Å². The van der Waals surface area contributed by atoms with Gasteiger partial charge in [0.2, 0.25) is 0 Å². The van der Waals surface area contributed by atoms with E-state index in [9.17, 15) is 13.2 Å². The standard InChI is InChI=1S/C17H22N4O3S/c1-2-25(23,24)14-9-6-5-8-13(14)17(22)18-12-16-20-19-15-10-4-3-7-11-21(15)16/h5-6,8-9H,2-4,7,10-12H2,1H3,(H,18,22). The van der Waals surface area contributed by atoms with E-state index in [2.05, 4.69) is 20.1 Å². The van der Waals surface area contributed by atoms with Crippen molar-refractivity contribution < 1.29 is 13.2 Å². The van der Waals surface area contributed by atoms with E-state index in [4.69, 9.17) is 0 Å². The number of hydrogen-bond acceptors (Lipinski definition) is 5. The number of sulfone groups is 1. The second-order valence-electron chi connectivity index (χ2n) is 6.08. The van der Waals surface area contributed by atoms with Gasteiger partial charge in [-0.2, -0.15) is 0 Å². The van der Waals surface area contributed by atoms with E-state index in [0.29, 0.717) is 5.82 Å². The minimum atomic E-state index is -3.46. The van der Waals surface area contributed by atoms with Crippen LogP contribution >= 0.6 is 0 Å². The van der Waals surface area contributed by atoms with Gasteiger partial charge in [-0.15, -0.1) is 10.2 Å². The average molecular weight is 362 g/mol. The van der Waals surface area contributed by atoms with Crippen LogP contribution < -0.4 is 5.32 Å². The number of hydrogen-bond donors (Lipinski definition) is 1.